The molecule has 5 heteroatoms. The first kappa shape index (κ1) is 12.7. The molecule has 15 heavy (non-hydrogen) atoms. The lowest BCUT2D eigenvalue weighted by atomic mass is 9.95. The minimum absolute atomic E-state index is 0.00171. The van der Waals surface area contributed by atoms with Gasteiger partial charge >= 0.3 is 0 Å². The standard InChI is InChI=1S/C10H15BrN2OS/c1-6(2)8(4-12)10(14)13-9-3-7(11)5-15-9/h3,5-6,8H,4,12H2,1-2H3,(H,13,14). The number of nitrogens with two attached hydrogens (primary N) is 1. The number of hydrogen-bond acceptors (Lipinski definition) is 3. The average molecular weight is 291 g/mol. The molecule has 0 fully saturated rings. The van der Waals surface area contributed by atoms with Crippen LogP contribution in [-0.4, -0.2) is 12.5 Å². The summed E-state index contributed by atoms with van der Waals surface area (Å²) >= 11 is 4.84. The van der Waals surface area contributed by atoms with Gasteiger partial charge in [0.25, 0.3) is 0 Å². The van der Waals surface area contributed by atoms with Crippen LogP contribution in [0.15, 0.2) is 15.9 Å². The Labute approximate surface area is 102 Å². The Morgan fingerprint density at radius 1 is 1.67 bits per heavy atom. The first-order valence-electron chi connectivity index (χ1n) is 4.79. The van der Waals surface area contributed by atoms with Crippen molar-refractivity contribution >= 4 is 38.2 Å². The molecule has 0 bridgehead atoms. The second-order valence-electron chi connectivity index (χ2n) is 3.70. The van der Waals surface area contributed by atoms with Gasteiger partial charge in [-0.15, -0.1) is 11.3 Å². The van der Waals surface area contributed by atoms with Crippen molar-refractivity contribution in [1.29, 1.82) is 0 Å². The molecule has 1 heterocycles. The third kappa shape index (κ3) is 3.59. The number of carbonyl (C=O) groups is 1. The molecule has 84 valence electrons. The number of thiophene rings is 1. The fraction of sp³-hybridized carbons (Fsp3) is 0.500. The van der Waals surface area contributed by atoms with E-state index in [-0.39, 0.29) is 17.7 Å². The number of amides is 1. The molecule has 0 radical (unpaired) electrons. The monoisotopic (exact) mass is 290 g/mol. The molecular formula is C10H15BrN2OS. The first-order valence-corrected chi connectivity index (χ1v) is 6.46. The number of halogens is 1. The minimum atomic E-state index is -0.120. The van der Waals surface area contributed by atoms with Crippen molar-refractivity contribution in [3.05, 3.63) is 15.9 Å². The smallest absolute Gasteiger partial charge is 0.229 e. The molecule has 0 spiro atoms. The molecule has 3 N–H and O–H groups in total. The molecule has 0 aromatic carbocycles. The largest absolute Gasteiger partial charge is 0.330 e. The summed E-state index contributed by atoms with van der Waals surface area (Å²) in [5.41, 5.74) is 5.57. The molecule has 0 aliphatic heterocycles. The number of anilines is 1. The van der Waals surface area contributed by atoms with Crippen molar-refractivity contribution in [2.24, 2.45) is 17.6 Å². The lowest BCUT2D eigenvalue weighted by molar-refractivity contribution is -0.120. The highest BCUT2D eigenvalue weighted by Crippen LogP contribution is 2.25. The van der Waals surface area contributed by atoms with E-state index in [2.05, 4.69) is 21.2 Å². The zero-order chi connectivity index (χ0) is 11.4. The molecule has 1 rings (SSSR count). The number of hydrogen-bond donors (Lipinski definition) is 2. The molecule has 1 amide bonds. The van der Waals surface area contributed by atoms with Crippen molar-refractivity contribution in [3.63, 3.8) is 0 Å². The molecule has 3 nitrogen and oxygen atoms in total. The van der Waals surface area contributed by atoms with E-state index < -0.39 is 0 Å². The molecule has 1 aromatic heterocycles. The molecular weight excluding hydrogens is 276 g/mol. The Kier molecular flexibility index (Phi) is 4.76. The number of rotatable bonds is 4. The summed E-state index contributed by atoms with van der Waals surface area (Å²) in [6.45, 7) is 4.39. The maximum atomic E-state index is 11.8. The molecule has 0 aliphatic rings. The van der Waals surface area contributed by atoms with Crippen molar-refractivity contribution in [2.75, 3.05) is 11.9 Å². The summed E-state index contributed by atoms with van der Waals surface area (Å²) in [7, 11) is 0. The summed E-state index contributed by atoms with van der Waals surface area (Å²) in [6, 6.07) is 1.89. The highest BCUT2D eigenvalue weighted by atomic mass is 79.9. The van der Waals surface area contributed by atoms with E-state index in [0.717, 1.165) is 9.47 Å². The summed E-state index contributed by atoms with van der Waals surface area (Å²) in [5, 5.41) is 5.65. The van der Waals surface area contributed by atoms with E-state index >= 15 is 0 Å². The van der Waals surface area contributed by atoms with Crippen LogP contribution in [0.1, 0.15) is 13.8 Å². The highest BCUT2D eigenvalue weighted by molar-refractivity contribution is 9.10. The molecule has 1 atom stereocenters. The van der Waals surface area contributed by atoms with Crippen molar-refractivity contribution in [1.82, 2.24) is 0 Å². The van der Waals surface area contributed by atoms with Crippen LogP contribution >= 0.6 is 27.3 Å². The van der Waals surface area contributed by atoms with Crippen LogP contribution in [0.4, 0.5) is 5.00 Å². The van der Waals surface area contributed by atoms with Gasteiger partial charge < -0.3 is 11.1 Å². The maximum absolute atomic E-state index is 11.8. The fourth-order valence-corrected chi connectivity index (χ4v) is 2.60. The Bertz CT molecular complexity index is 338. The Balaban J connectivity index is 2.62. The van der Waals surface area contributed by atoms with Gasteiger partial charge in [0.05, 0.1) is 10.9 Å². The van der Waals surface area contributed by atoms with Gasteiger partial charge in [-0.2, -0.15) is 0 Å². The molecule has 0 aliphatic carbocycles. The van der Waals surface area contributed by atoms with Gasteiger partial charge in [0, 0.05) is 16.4 Å². The van der Waals surface area contributed by atoms with Gasteiger partial charge in [-0.3, -0.25) is 4.79 Å². The highest BCUT2D eigenvalue weighted by Gasteiger charge is 2.20. The summed E-state index contributed by atoms with van der Waals surface area (Å²) in [4.78, 5) is 11.8. The Morgan fingerprint density at radius 3 is 2.73 bits per heavy atom. The third-order valence-electron chi connectivity index (χ3n) is 2.21. The van der Waals surface area contributed by atoms with Crippen LogP contribution in [0.3, 0.4) is 0 Å². The normalized spacial score (nSPS) is 12.9. The van der Waals surface area contributed by atoms with Crippen LogP contribution in [0, 0.1) is 11.8 Å². The first-order chi connectivity index (χ1) is 7.04. The van der Waals surface area contributed by atoms with Crippen LogP contribution in [0.25, 0.3) is 0 Å². The van der Waals surface area contributed by atoms with E-state index in [1.807, 2.05) is 25.3 Å². The van der Waals surface area contributed by atoms with Gasteiger partial charge in [-0.05, 0) is 27.9 Å². The SMILES string of the molecule is CC(C)C(CN)C(=O)Nc1cc(Br)cs1. The number of nitrogens with one attached hydrogen (secondary N) is 1. The van der Waals surface area contributed by atoms with Crippen LogP contribution in [0.5, 0.6) is 0 Å². The summed E-state index contributed by atoms with van der Waals surface area (Å²) in [6.07, 6.45) is 0. The van der Waals surface area contributed by atoms with E-state index in [9.17, 15) is 4.79 Å². The Morgan fingerprint density at radius 2 is 2.33 bits per heavy atom. The molecule has 0 saturated carbocycles. The zero-order valence-corrected chi connectivity index (χ0v) is 11.2. The van der Waals surface area contributed by atoms with Crippen molar-refractivity contribution < 1.29 is 4.79 Å². The summed E-state index contributed by atoms with van der Waals surface area (Å²) in [5.74, 6) is 0.145. The van der Waals surface area contributed by atoms with E-state index in [1.165, 1.54) is 11.3 Å². The summed E-state index contributed by atoms with van der Waals surface area (Å²) < 4.78 is 0.983. The van der Waals surface area contributed by atoms with Gasteiger partial charge in [-0.1, -0.05) is 13.8 Å². The van der Waals surface area contributed by atoms with Crippen molar-refractivity contribution in [2.45, 2.75) is 13.8 Å². The van der Waals surface area contributed by atoms with Crippen LogP contribution in [-0.2, 0) is 4.79 Å². The predicted molar refractivity (Wildman–Crippen MR) is 68.0 cm³/mol. The van der Waals surface area contributed by atoms with Crippen LogP contribution in [0.2, 0.25) is 0 Å². The third-order valence-corrected chi connectivity index (χ3v) is 3.82. The number of carbonyl (C=O) groups excluding carboxylic acids is 1. The maximum Gasteiger partial charge on any atom is 0.229 e. The predicted octanol–water partition coefficient (Wildman–Crippen LogP) is 2.68. The van der Waals surface area contributed by atoms with Gasteiger partial charge in [0.15, 0.2) is 0 Å². The second kappa shape index (κ2) is 5.63. The fourth-order valence-electron chi connectivity index (χ4n) is 1.27. The molecule has 1 unspecified atom stereocenters. The van der Waals surface area contributed by atoms with Gasteiger partial charge in [0.1, 0.15) is 0 Å². The topological polar surface area (TPSA) is 55.1 Å². The lowest BCUT2D eigenvalue weighted by Gasteiger charge is -2.17. The lowest BCUT2D eigenvalue weighted by Crippen LogP contribution is -2.32. The van der Waals surface area contributed by atoms with Crippen LogP contribution < -0.4 is 11.1 Å². The van der Waals surface area contributed by atoms with Gasteiger partial charge in [-0.25, -0.2) is 0 Å². The quantitative estimate of drug-likeness (QED) is 0.896. The van der Waals surface area contributed by atoms with E-state index in [4.69, 9.17) is 5.73 Å². The van der Waals surface area contributed by atoms with E-state index in [1.54, 1.807) is 0 Å². The minimum Gasteiger partial charge on any atom is -0.330 e. The average Bonchev–Trinajstić information content (AvgIpc) is 2.51. The van der Waals surface area contributed by atoms with E-state index in [0.29, 0.717) is 6.54 Å². The van der Waals surface area contributed by atoms with Crippen molar-refractivity contribution in [3.8, 4) is 0 Å². The second-order valence-corrected chi connectivity index (χ2v) is 5.53. The molecule has 1 aromatic rings. The zero-order valence-electron chi connectivity index (χ0n) is 8.79. The van der Waals surface area contributed by atoms with Gasteiger partial charge in [0.2, 0.25) is 5.91 Å². The molecule has 0 saturated heterocycles. The Hall–Kier alpha value is -0.390.